The molecule has 0 radical (unpaired) electrons. The van der Waals surface area contributed by atoms with Gasteiger partial charge in [-0.3, -0.25) is 0 Å². The molecule has 0 bridgehead atoms. The SMILES string of the molecule is C#Cc1c(F)cccc1C(=NS(=O)C(C)(C)C)c1cccc(Br)c1. The largest absolute Gasteiger partial charge is 0.234 e. The fourth-order valence-corrected chi connectivity index (χ4v) is 3.02. The molecule has 2 nitrogen and oxygen atoms in total. The third-order valence-electron chi connectivity index (χ3n) is 3.21. The van der Waals surface area contributed by atoms with Crippen LogP contribution in [0.2, 0.25) is 0 Å². The van der Waals surface area contributed by atoms with Crippen molar-refractivity contribution in [2.24, 2.45) is 4.40 Å². The molecule has 0 aromatic heterocycles. The molecular formula is C19H17BrFNOS. The van der Waals surface area contributed by atoms with Crippen LogP contribution in [0.25, 0.3) is 0 Å². The van der Waals surface area contributed by atoms with Crippen molar-refractivity contribution >= 4 is 32.6 Å². The molecule has 1 unspecified atom stereocenters. The summed E-state index contributed by atoms with van der Waals surface area (Å²) in [4.78, 5) is 0. The van der Waals surface area contributed by atoms with Gasteiger partial charge < -0.3 is 0 Å². The van der Waals surface area contributed by atoms with Crippen LogP contribution in [0.1, 0.15) is 37.5 Å². The number of benzene rings is 2. The van der Waals surface area contributed by atoms with Crippen LogP contribution in [0.5, 0.6) is 0 Å². The highest BCUT2D eigenvalue weighted by molar-refractivity contribution is 9.10. The van der Waals surface area contributed by atoms with Crippen molar-refractivity contribution in [2.45, 2.75) is 25.5 Å². The van der Waals surface area contributed by atoms with Gasteiger partial charge in [-0.15, -0.1) is 6.42 Å². The highest BCUT2D eigenvalue weighted by atomic mass is 79.9. The van der Waals surface area contributed by atoms with E-state index in [9.17, 15) is 8.60 Å². The van der Waals surface area contributed by atoms with Crippen molar-refractivity contribution in [3.63, 3.8) is 0 Å². The summed E-state index contributed by atoms with van der Waals surface area (Å²) in [5.74, 6) is 1.87. The van der Waals surface area contributed by atoms with Crippen molar-refractivity contribution in [1.82, 2.24) is 0 Å². The first-order valence-electron chi connectivity index (χ1n) is 7.26. The Balaban J connectivity index is 2.74. The molecule has 0 amide bonds. The van der Waals surface area contributed by atoms with Crippen LogP contribution in [-0.4, -0.2) is 14.7 Å². The number of halogens is 2. The van der Waals surface area contributed by atoms with Crippen LogP contribution < -0.4 is 0 Å². The van der Waals surface area contributed by atoms with E-state index in [1.165, 1.54) is 6.07 Å². The summed E-state index contributed by atoms with van der Waals surface area (Å²) in [5.41, 5.74) is 1.69. The Hall–Kier alpha value is -1.77. The maximum atomic E-state index is 14.1. The van der Waals surface area contributed by atoms with E-state index < -0.39 is 21.5 Å². The number of terminal acetylenes is 1. The van der Waals surface area contributed by atoms with Gasteiger partial charge in [-0.1, -0.05) is 46.1 Å². The second kappa shape index (κ2) is 7.42. The van der Waals surface area contributed by atoms with Crippen LogP contribution in [0.15, 0.2) is 51.3 Å². The molecule has 0 aliphatic heterocycles. The Morgan fingerprint density at radius 1 is 1.25 bits per heavy atom. The molecule has 124 valence electrons. The fraction of sp³-hybridized carbons (Fsp3) is 0.211. The van der Waals surface area contributed by atoms with E-state index in [1.54, 1.807) is 12.1 Å². The molecule has 0 aliphatic rings. The second-order valence-corrected chi connectivity index (χ2v) is 8.94. The smallest absolute Gasteiger partial charge is 0.145 e. The summed E-state index contributed by atoms with van der Waals surface area (Å²) < 4.78 is 31.3. The summed E-state index contributed by atoms with van der Waals surface area (Å²) in [5, 5.41) is 0. The molecule has 2 aromatic rings. The highest BCUT2D eigenvalue weighted by Crippen LogP contribution is 2.23. The van der Waals surface area contributed by atoms with Crippen molar-refractivity contribution in [3.05, 3.63) is 69.4 Å². The van der Waals surface area contributed by atoms with E-state index in [4.69, 9.17) is 6.42 Å². The van der Waals surface area contributed by atoms with Gasteiger partial charge in [0.15, 0.2) is 0 Å². The standard InChI is InChI=1S/C19H17BrFNOS/c1-5-15-16(10-7-11-17(15)21)18(22-24(23)19(2,3)4)13-8-6-9-14(20)12-13/h1,6-12H,2-4H3. The molecule has 24 heavy (non-hydrogen) atoms. The zero-order valence-electron chi connectivity index (χ0n) is 13.6. The Labute approximate surface area is 152 Å². The highest BCUT2D eigenvalue weighted by Gasteiger charge is 2.22. The van der Waals surface area contributed by atoms with Gasteiger partial charge in [0.1, 0.15) is 16.8 Å². The van der Waals surface area contributed by atoms with E-state index in [0.717, 1.165) is 4.47 Å². The van der Waals surface area contributed by atoms with E-state index in [2.05, 4.69) is 26.2 Å². The lowest BCUT2D eigenvalue weighted by molar-refractivity contribution is 0.624. The first kappa shape index (κ1) is 18.6. The van der Waals surface area contributed by atoms with Gasteiger partial charge in [0.25, 0.3) is 0 Å². The summed E-state index contributed by atoms with van der Waals surface area (Å²) in [6.45, 7) is 5.50. The van der Waals surface area contributed by atoms with Crippen molar-refractivity contribution in [3.8, 4) is 12.3 Å². The van der Waals surface area contributed by atoms with Gasteiger partial charge in [-0.25, -0.2) is 8.60 Å². The molecule has 0 N–H and O–H groups in total. The zero-order chi connectivity index (χ0) is 17.9. The molecule has 0 fully saturated rings. The van der Waals surface area contributed by atoms with Crippen LogP contribution in [0.4, 0.5) is 4.39 Å². The van der Waals surface area contributed by atoms with Gasteiger partial charge in [0, 0.05) is 15.6 Å². The lowest BCUT2D eigenvalue weighted by Gasteiger charge is -2.16. The Bertz CT molecular complexity index is 862. The average molecular weight is 406 g/mol. The minimum absolute atomic E-state index is 0.113. The molecule has 2 rings (SSSR count). The summed E-state index contributed by atoms with van der Waals surface area (Å²) in [7, 11) is -1.51. The number of hydrogen-bond donors (Lipinski definition) is 0. The fourth-order valence-electron chi connectivity index (χ4n) is 1.98. The second-order valence-electron chi connectivity index (χ2n) is 6.12. The molecule has 0 saturated heterocycles. The Kier molecular flexibility index (Phi) is 5.74. The maximum absolute atomic E-state index is 14.1. The van der Waals surface area contributed by atoms with Crippen molar-refractivity contribution in [1.29, 1.82) is 0 Å². The number of hydrogen-bond acceptors (Lipinski definition) is 1. The molecule has 0 spiro atoms. The van der Waals surface area contributed by atoms with Crippen molar-refractivity contribution in [2.75, 3.05) is 0 Å². The van der Waals surface area contributed by atoms with Crippen LogP contribution >= 0.6 is 15.9 Å². The minimum atomic E-state index is -1.51. The predicted octanol–water partition coefficient (Wildman–Crippen LogP) is 4.87. The van der Waals surface area contributed by atoms with Crippen molar-refractivity contribution < 1.29 is 8.60 Å². The lowest BCUT2D eigenvalue weighted by atomic mass is 9.97. The maximum Gasteiger partial charge on any atom is 0.145 e. The number of nitrogens with zero attached hydrogens (tertiary/aromatic N) is 1. The van der Waals surface area contributed by atoms with Crippen LogP contribution in [0.3, 0.4) is 0 Å². The normalized spacial score (nSPS) is 13.4. The van der Waals surface area contributed by atoms with Gasteiger partial charge in [-0.2, -0.15) is 4.40 Å². The lowest BCUT2D eigenvalue weighted by Crippen LogP contribution is -2.21. The third kappa shape index (κ3) is 4.19. The van der Waals surface area contributed by atoms with Gasteiger partial charge >= 0.3 is 0 Å². The van der Waals surface area contributed by atoms with Gasteiger partial charge in [0.2, 0.25) is 0 Å². The van der Waals surface area contributed by atoms with Gasteiger partial charge in [-0.05, 0) is 39.0 Å². The van der Waals surface area contributed by atoms with Crippen LogP contribution in [-0.2, 0) is 11.0 Å². The summed E-state index contributed by atoms with van der Waals surface area (Å²) >= 11 is 3.41. The third-order valence-corrected chi connectivity index (χ3v) is 5.10. The molecule has 5 heteroatoms. The number of rotatable bonds is 3. The Morgan fingerprint density at radius 2 is 1.92 bits per heavy atom. The molecule has 1 atom stereocenters. The van der Waals surface area contributed by atoms with Crippen LogP contribution in [0, 0.1) is 18.2 Å². The average Bonchev–Trinajstić information content (AvgIpc) is 2.51. The monoisotopic (exact) mass is 405 g/mol. The topological polar surface area (TPSA) is 29.4 Å². The van der Waals surface area contributed by atoms with Gasteiger partial charge in [0.05, 0.1) is 16.0 Å². The van der Waals surface area contributed by atoms with E-state index >= 15 is 0 Å². The van der Waals surface area contributed by atoms with E-state index in [1.807, 2.05) is 45.0 Å². The molecule has 2 aromatic carbocycles. The molecule has 0 saturated carbocycles. The molecular weight excluding hydrogens is 389 g/mol. The predicted molar refractivity (Wildman–Crippen MR) is 102 cm³/mol. The minimum Gasteiger partial charge on any atom is -0.234 e. The molecule has 0 aliphatic carbocycles. The first-order chi connectivity index (χ1) is 11.2. The first-order valence-corrected chi connectivity index (χ1v) is 9.16. The quantitative estimate of drug-likeness (QED) is 0.528. The Morgan fingerprint density at radius 3 is 2.50 bits per heavy atom. The van der Waals surface area contributed by atoms with E-state index in [0.29, 0.717) is 16.8 Å². The zero-order valence-corrected chi connectivity index (χ0v) is 16.0. The van der Waals surface area contributed by atoms with E-state index in [-0.39, 0.29) is 5.56 Å². The summed E-state index contributed by atoms with van der Waals surface area (Å²) in [6.07, 6.45) is 5.48. The molecule has 0 heterocycles. The summed E-state index contributed by atoms with van der Waals surface area (Å²) in [6, 6.07) is 11.9.